The second-order valence-electron chi connectivity index (χ2n) is 5.69. The molecule has 1 aromatic rings. The number of carbonyl (C=O) groups is 1. The van der Waals surface area contributed by atoms with Crippen LogP contribution in [-0.2, 0) is 22.0 Å². The SMILES string of the molecule is CCc1ccc(C2NC(C)C(=O)N2CC(C)S(C)=O)cc1. The number of benzene rings is 1. The molecule has 2 rings (SSSR count). The van der Waals surface area contributed by atoms with Crippen LogP contribution in [-0.4, -0.2) is 39.1 Å². The Bertz CT molecular complexity index is 530. The third-order valence-electron chi connectivity index (χ3n) is 4.10. The van der Waals surface area contributed by atoms with Gasteiger partial charge in [-0.15, -0.1) is 0 Å². The molecule has 0 radical (unpaired) electrons. The lowest BCUT2D eigenvalue weighted by Gasteiger charge is -2.27. The van der Waals surface area contributed by atoms with Crippen LogP contribution in [0.2, 0.25) is 0 Å². The van der Waals surface area contributed by atoms with Crippen LogP contribution in [0.4, 0.5) is 0 Å². The average molecular weight is 308 g/mol. The topological polar surface area (TPSA) is 49.4 Å². The summed E-state index contributed by atoms with van der Waals surface area (Å²) >= 11 is 0. The van der Waals surface area contributed by atoms with Crippen LogP contribution in [0.3, 0.4) is 0 Å². The summed E-state index contributed by atoms with van der Waals surface area (Å²) in [6.45, 7) is 6.44. The van der Waals surface area contributed by atoms with Gasteiger partial charge >= 0.3 is 0 Å². The van der Waals surface area contributed by atoms with Gasteiger partial charge in [0, 0.05) is 28.9 Å². The van der Waals surface area contributed by atoms with E-state index in [1.54, 1.807) is 6.26 Å². The number of carbonyl (C=O) groups excluding carboxylic acids is 1. The molecule has 0 bridgehead atoms. The first-order valence-electron chi connectivity index (χ1n) is 7.41. The molecule has 0 spiro atoms. The molecule has 1 heterocycles. The van der Waals surface area contributed by atoms with Gasteiger partial charge in [-0.3, -0.25) is 14.3 Å². The van der Waals surface area contributed by atoms with Gasteiger partial charge in [0.15, 0.2) is 0 Å². The number of rotatable bonds is 5. The molecule has 1 saturated heterocycles. The minimum absolute atomic E-state index is 0.0292. The molecule has 4 atom stereocenters. The predicted octanol–water partition coefficient (Wildman–Crippen LogP) is 1.83. The Labute approximate surface area is 129 Å². The minimum Gasteiger partial charge on any atom is -0.320 e. The highest BCUT2D eigenvalue weighted by molar-refractivity contribution is 7.84. The van der Waals surface area contributed by atoms with Crippen LogP contribution in [0, 0.1) is 0 Å². The molecule has 116 valence electrons. The van der Waals surface area contributed by atoms with Crippen molar-refractivity contribution in [3.8, 4) is 0 Å². The van der Waals surface area contributed by atoms with Gasteiger partial charge in [-0.2, -0.15) is 0 Å². The maximum Gasteiger partial charge on any atom is 0.241 e. The molecule has 1 fully saturated rings. The number of hydrogen-bond donors (Lipinski definition) is 1. The van der Waals surface area contributed by atoms with Gasteiger partial charge in [-0.25, -0.2) is 0 Å². The van der Waals surface area contributed by atoms with E-state index in [4.69, 9.17) is 0 Å². The largest absolute Gasteiger partial charge is 0.320 e. The first kappa shape index (κ1) is 16.2. The summed E-state index contributed by atoms with van der Waals surface area (Å²) in [5.74, 6) is 0.0804. The van der Waals surface area contributed by atoms with E-state index >= 15 is 0 Å². The number of nitrogens with zero attached hydrogens (tertiary/aromatic N) is 1. The molecular formula is C16H24N2O2S. The highest BCUT2D eigenvalue weighted by atomic mass is 32.2. The maximum atomic E-state index is 12.3. The molecule has 21 heavy (non-hydrogen) atoms. The van der Waals surface area contributed by atoms with Crippen LogP contribution in [0.5, 0.6) is 0 Å². The van der Waals surface area contributed by atoms with E-state index in [1.165, 1.54) is 5.56 Å². The Kier molecular flexibility index (Phi) is 5.17. The van der Waals surface area contributed by atoms with Crippen molar-refractivity contribution in [3.05, 3.63) is 35.4 Å². The van der Waals surface area contributed by atoms with Crippen molar-refractivity contribution in [3.63, 3.8) is 0 Å². The van der Waals surface area contributed by atoms with Crippen LogP contribution in [0.1, 0.15) is 38.1 Å². The highest BCUT2D eigenvalue weighted by Gasteiger charge is 2.37. The second-order valence-corrected chi connectivity index (χ2v) is 7.49. The number of aryl methyl sites for hydroxylation is 1. The molecule has 4 nitrogen and oxygen atoms in total. The summed E-state index contributed by atoms with van der Waals surface area (Å²) in [7, 11) is -0.931. The summed E-state index contributed by atoms with van der Waals surface area (Å²) in [5.41, 5.74) is 2.37. The van der Waals surface area contributed by atoms with E-state index in [2.05, 4.69) is 36.5 Å². The lowest BCUT2D eigenvalue weighted by Crippen LogP contribution is -2.37. The van der Waals surface area contributed by atoms with E-state index in [1.807, 2.05) is 18.7 Å². The van der Waals surface area contributed by atoms with Gasteiger partial charge in [-0.1, -0.05) is 31.2 Å². The van der Waals surface area contributed by atoms with Crippen molar-refractivity contribution in [1.29, 1.82) is 0 Å². The fourth-order valence-electron chi connectivity index (χ4n) is 2.56. The third-order valence-corrected chi connectivity index (χ3v) is 5.38. The zero-order valence-corrected chi connectivity index (χ0v) is 13.9. The Balaban J connectivity index is 2.22. The molecule has 0 aliphatic carbocycles. The third kappa shape index (κ3) is 3.52. The van der Waals surface area contributed by atoms with Crippen molar-refractivity contribution in [1.82, 2.24) is 10.2 Å². The molecule has 1 N–H and O–H groups in total. The molecule has 1 aliphatic rings. The van der Waals surface area contributed by atoms with Gasteiger partial charge in [0.05, 0.1) is 6.04 Å². The molecular weight excluding hydrogens is 284 g/mol. The maximum absolute atomic E-state index is 12.3. The lowest BCUT2D eigenvalue weighted by atomic mass is 10.1. The second kappa shape index (κ2) is 6.71. The molecule has 0 aromatic heterocycles. The minimum atomic E-state index is -0.931. The monoisotopic (exact) mass is 308 g/mol. The van der Waals surface area contributed by atoms with Crippen molar-refractivity contribution in [2.45, 2.75) is 44.6 Å². The van der Waals surface area contributed by atoms with Gasteiger partial charge in [0.25, 0.3) is 0 Å². The smallest absolute Gasteiger partial charge is 0.241 e. The van der Waals surface area contributed by atoms with Crippen LogP contribution < -0.4 is 5.32 Å². The molecule has 1 aliphatic heterocycles. The quantitative estimate of drug-likeness (QED) is 0.903. The van der Waals surface area contributed by atoms with Crippen LogP contribution in [0.15, 0.2) is 24.3 Å². The summed E-state index contributed by atoms with van der Waals surface area (Å²) in [6, 6.07) is 8.15. The number of hydrogen-bond acceptors (Lipinski definition) is 3. The van der Waals surface area contributed by atoms with Crippen molar-refractivity contribution in [2.75, 3.05) is 12.8 Å². The van der Waals surface area contributed by atoms with Crippen molar-refractivity contribution >= 4 is 16.7 Å². The number of nitrogens with one attached hydrogen (secondary N) is 1. The van der Waals surface area contributed by atoms with Gasteiger partial charge < -0.3 is 4.90 Å². The Morgan fingerprint density at radius 2 is 1.95 bits per heavy atom. The molecule has 1 aromatic carbocycles. The Morgan fingerprint density at radius 3 is 2.48 bits per heavy atom. The Morgan fingerprint density at radius 1 is 1.33 bits per heavy atom. The van der Waals surface area contributed by atoms with E-state index in [0.29, 0.717) is 6.54 Å². The summed E-state index contributed by atoms with van der Waals surface area (Å²) < 4.78 is 11.6. The number of amides is 1. The summed E-state index contributed by atoms with van der Waals surface area (Å²) in [6.07, 6.45) is 2.57. The van der Waals surface area contributed by atoms with E-state index in [9.17, 15) is 9.00 Å². The highest BCUT2D eigenvalue weighted by Crippen LogP contribution is 2.26. The molecule has 4 unspecified atom stereocenters. The van der Waals surface area contributed by atoms with Gasteiger partial charge in [0.2, 0.25) is 5.91 Å². The van der Waals surface area contributed by atoms with E-state index < -0.39 is 10.8 Å². The predicted molar refractivity (Wildman–Crippen MR) is 86.4 cm³/mol. The average Bonchev–Trinajstić information content (AvgIpc) is 2.75. The Hall–Kier alpha value is -1.20. The van der Waals surface area contributed by atoms with E-state index in [0.717, 1.165) is 12.0 Å². The standard InChI is InChI=1S/C16H24N2O2S/c1-5-13-6-8-14(9-7-13)15-17-12(3)16(19)18(15)10-11(2)21(4)20/h6-9,11-12,15,17H,5,10H2,1-4H3. The fourth-order valence-corrected chi connectivity index (χ4v) is 2.93. The van der Waals surface area contributed by atoms with Gasteiger partial charge in [-0.05, 0) is 31.4 Å². The van der Waals surface area contributed by atoms with Crippen LogP contribution >= 0.6 is 0 Å². The van der Waals surface area contributed by atoms with Gasteiger partial charge in [0.1, 0.15) is 6.17 Å². The first-order valence-corrected chi connectivity index (χ1v) is 9.03. The molecule has 1 amide bonds. The molecule has 5 heteroatoms. The van der Waals surface area contributed by atoms with Crippen molar-refractivity contribution in [2.24, 2.45) is 0 Å². The van der Waals surface area contributed by atoms with Crippen molar-refractivity contribution < 1.29 is 9.00 Å². The van der Waals surface area contributed by atoms with E-state index in [-0.39, 0.29) is 23.4 Å². The summed E-state index contributed by atoms with van der Waals surface area (Å²) in [5, 5.41) is 3.30. The molecule has 0 saturated carbocycles. The van der Waals surface area contributed by atoms with Crippen LogP contribution in [0.25, 0.3) is 0 Å². The summed E-state index contributed by atoms with van der Waals surface area (Å²) in [4.78, 5) is 14.2. The first-order chi connectivity index (χ1) is 9.93. The zero-order valence-electron chi connectivity index (χ0n) is 13.1. The fraction of sp³-hybridized carbons (Fsp3) is 0.562. The normalized spacial score (nSPS) is 25.1. The zero-order chi connectivity index (χ0) is 15.6. The lowest BCUT2D eigenvalue weighted by molar-refractivity contribution is -0.129.